The summed E-state index contributed by atoms with van der Waals surface area (Å²) in [4.78, 5) is 26.3. The molecule has 1 aromatic carbocycles. The van der Waals surface area contributed by atoms with Crippen molar-refractivity contribution in [3.05, 3.63) is 29.8 Å². The maximum atomic E-state index is 12.9. The van der Waals surface area contributed by atoms with Gasteiger partial charge < -0.3 is 24.4 Å². The van der Waals surface area contributed by atoms with Gasteiger partial charge in [-0.25, -0.2) is 4.79 Å². The molecule has 0 radical (unpaired) electrons. The lowest BCUT2D eigenvalue weighted by Crippen LogP contribution is -2.38. The largest absolute Gasteiger partial charge is 0.497 e. The number of benzene rings is 1. The van der Waals surface area contributed by atoms with Gasteiger partial charge >= 0.3 is 12.1 Å². The Bertz CT molecular complexity index is 828. The van der Waals surface area contributed by atoms with Crippen LogP contribution in [0.25, 0.3) is 0 Å². The molecule has 3 aliphatic rings. The first-order valence-electron chi connectivity index (χ1n) is 11.0. The Balaban J connectivity index is 0.000000383. The quantitative estimate of drug-likeness (QED) is 0.685. The number of methoxy groups -OCH3 is 1. The van der Waals surface area contributed by atoms with Crippen molar-refractivity contribution in [2.75, 3.05) is 53.6 Å². The summed E-state index contributed by atoms with van der Waals surface area (Å²) in [6.07, 6.45) is -1.34. The van der Waals surface area contributed by atoms with Crippen LogP contribution in [0.3, 0.4) is 0 Å². The maximum Gasteiger partial charge on any atom is 0.490 e. The molecule has 1 saturated carbocycles. The van der Waals surface area contributed by atoms with E-state index >= 15 is 0 Å². The number of carbonyl (C=O) groups excluding carboxylic acids is 1. The van der Waals surface area contributed by atoms with Crippen LogP contribution in [-0.4, -0.2) is 86.5 Å². The highest BCUT2D eigenvalue weighted by atomic mass is 19.4. The monoisotopic (exact) mass is 472 g/mol. The summed E-state index contributed by atoms with van der Waals surface area (Å²) < 4.78 is 43.0. The molecular formula is C23H31F3N2O5. The van der Waals surface area contributed by atoms with Crippen LogP contribution in [0.5, 0.6) is 5.75 Å². The third-order valence-corrected chi connectivity index (χ3v) is 6.60. The molecule has 3 fully saturated rings. The van der Waals surface area contributed by atoms with Gasteiger partial charge in [-0.1, -0.05) is 0 Å². The van der Waals surface area contributed by atoms with E-state index in [4.69, 9.17) is 19.4 Å². The zero-order chi connectivity index (χ0) is 24.2. The van der Waals surface area contributed by atoms with E-state index in [0.29, 0.717) is 5.92 Å². The van der Waals surface area contributed by atoms with Crippen molar-refractivity contribution in [3.8, 4) is 5.75 Å². The van der Waals surface area contributed by atoms with Crippen molar-refractivity contribution in [3.63, 3.8) is 0 Å². The predicted octanol–water partition coefficient (Wildman–Crippen LogP) is 3.15. The van der Waals surface area contributed by atoms with Crippen LogP contribution in [0.15, 0.2) is 24.3 Å². The molecule has 2 heterocycles. The first-order valence-corrected chi connectivity index (χ1v) is 11.0. The van der Waals surface area contributed by atoms with Gasteiger partial charge in [-0.05, 0) is 56.5 Å². The highest BCUT2D eigenvalue weighted by Gasteiger charge is 2.50. The minimum atomic E-state index is -5.08. The highest BCUT2D eigenvalue weighted by molar-refractivity contribution is 5.94. The molecule has 0 aromatic heterocycles. The average molecular weight is 473 g/mol. The Hall–Kier alpha value is -2.33. The molecule has 1 amide bonds. The zero-order valence-corrected chi connectivity index (χ0v) is 18.9. The van der Waals surface area contributed by atoms with E-state index in [1.54, 1.807) is 7.11 Å². The number of rotatable bonds is 6. The summed E-state index contributed by atoms with van der Waals surface area (Å²) in [5.74, 6) is -0.504. The first kappa shape index (κ1) is 25.3. The molecule has 1 spiro atoms. The van der Waals surface area contributed by atoms with Crippen LogP contribution in [0.2, 0.25) is 0 Å². The van der Waals surface area contributed by atoms with Crippen LogP contribution >= 0.6 is 0 Å². The Morgan fingerprint density at radius 2 is 1.79 bits per heavy atom. The van der Waals surface area contributed by atoms with Crippen LogP contribution in [-0.2, 0) is 9.53 Å². The van der Waals surface area contributed by atoms with Gasteiger partial charge in [-0.3, -0.25) is 4.79 Å². The van der Waals surface area contributed by atoms with E-state index in [0.717, 1.165) is 63.0 Å². The van der Waals surface area contributed by atoms with Crippen molar-refractivity contribution < 1.29 is 37.3 Å². The van der Waals surface area contributed by atoms with Crippen LogP contribution in [0.4, 0.5) is 13.2 Å². The summed E-state index contributed by atoms with van der Waals surface area (Å²) in [6, 6.07) is 7.44. The number of carboxylic acids is 1. The third-order valence-electron chi connectivity index (χ3n) is 6.60. The molecule has 0 unspecified atom stereocenters. The number of amides is 1. The minimum absolute atomic E-state index is 0.136. The third kappa shape index (κ3) is 6.60. The molecular weight excluding hydrogens is 441 g/mol. The lowest BCUT2D eigenvalue weighted by Gasteiger charge is -2.30. The fourth-order valence-electron chi connectivity index (χ4n) is 4.64. The summed E-state index contributed by atoms with van der Waals surface area (Å²) in [6.45, 7) is 5.60. The lowest BCUT2D eigenvalue weighted by atomic mass is 9.77. The van der Waals surface area contributed by atoms with Gasteiger partial charge in [0.2, 0.25) is 0 Å². The molecule has 7 nitrogen and oxygen atoms in total. The number of hydrogen-bond acceptors (Lipinski definition) is 5. The fourth-order valence-corrected chi connectivity index (χ4v) is 4.64. The van der Waals surface area contributed by atoms with Crippen molar-refractivity contribution in [2.45, 2.75) is 25.4 Å². The van der Waals surface area contributed by atoms with Crippen LogP contribution < -0.4 is 4.74 Å². The molecule has 33 heavy (non-hydrogen) atoms. The molecule has 2 atom stereocenters. The normalized spacial score (nSPS) is 25.1. The highest BCUT2D eigenvalue weighted by Crippen LogP contribution is 2.44. The van der Waals surface area contributed by atoms with E-state index in [1.807, 2.05) is 29.2 Å². The number of halogens is 3. The molecule has 1 aromatic rings. The number of carbonyl (C=O) groups is 2. The molecule has 4 rings (SSSR count). The minimum Gasteiger partial charge on any atom is -0.497 e. The fraction of sp³-hybridized carbons (Fsp3) is 0.652. The van der Waals surface area contributed by atoms with Gasteiger partial charge in [0.15, 0.2) is 0 Å². The summed E-state index contributed by atoms with van der Waals surface area (Å²) in [5.41, 5.74) is 0.941. The first-order chi connectivity index (χ1) is 15.5. The Labute approximate surface area is 191 Å². The van der Waals surface area contributed by atoms with Crippen LogP contribution in [0.1, 0.15) is 29.6 Å². The van der Waals surface area contributed by atoms with Gasteiger partial charge in [-0.15, -0.1) is 0 Å². The molecule has 2 saturated heterocycles. The summed E-state index contributed by atoms with van der Waals surface area (Å²) in [7, 11) is 3.83. The number of nitrogens with zero attached hydrogens (tertiary/aromatic N) is 2. The van der Waals surface area contributed by atoms with Gasteiger partial charge in [-0.2, -0.15) is 13.2 Å². The number of alkyl halides is 3. The molecule has 1 aliphatic carbocycles. The number of hydrogen-bond donors (Lipinski definition) is 1. The standard InChI is InChI=1S/C21H30N2O3.C2HF3O2/c1-22-11-18(13-26-12-16-3-4-16)21(14-22)9-10-23(15-21)20(24)17-5-7-19(25-2)8-6-17;3-2(4,5)1(6)7/h5-8,16,18H,3-4,9-15H2,1-2H3;(H,6,7)/t18-,21+;/m0./s1. The van der Waals surface area contributed by atoms with E-state index < -0.39 is 12.1 Å². The number of ether oxygens (including phenoxy) is 2. The zero-order valence-electron chi connectivity index (χ0n) is 18.9. The second-order valence-electron chi connectivity index (χ2n) is 9.25. The lowest BCUT2D eigenvalue weighted by molar-refractivity contribution is -0.192. The second kappa shape index (κ2) is 10.3. The van der Waals surface area contributed by atoms with E-state index in [9.17, 15) is 18.0 Å². The predicted molar refractivity (Wildman–Crippen MR) is 114 cm³/mol. The van der Waals surface area contributed by atoms with Crippen molar-refractivity contribution in [1.82, 2.24) is 9.80 Å². The van der Waals surface area contributed by atoms with Crippen molar-refractivity contribution in [2.24, 2.45) is 17.3 Å². The Morgan fingerprint density at radius 3 is 2.33 bits per heavy atom. The number of likely N-dealkylation sites (tertiary alicyclic amines) is 2. The van der Waals surface area contributed by atoms with Crippen LogP contribution in [0, 0.1) is 17.3 Å². The van der Waals surface area contributed by atoms with E-state index in [2.05, 4.69) is 11.9 Å². The van der Waals surface area contributed by atoms with Gasteiger partial charge in [0.05, 0.1) is 13.7 Å². The summed E-state index contributed by atoms with van der Waals surface area (Å²) >= 11 is 0. The molecule has 184 valence electrons. The molecule has 10 heteroatoms. The SMILES string of the molecule is COc1ccc(C(=O)N2CC[C@@]3(CN(C)C[C@H]3COCC3CC3)C2)cc1.O=C(O)C(F)(F)F. The van der Waals surface area contributed by atoms with Gasteiger partial charge in [0.25, 0.3) is 5.91 Å². The Kier molecular flexibility index (Phi) is 7.89. The number of carboxylic acid groups (broad SMARTS) is 1. The maximum absolute atomic E-state index is 12.9. The molecule has 1 N–H and O–H groups in total. The number of aliphatic carboxylic acids is 1. The van der Waals surface area contributed by atoms with Crippen molar-refractivity contribution >= 4 is 11.9 Å². The smallest absolute Gasteiger partial charge is 0.490 e. The topological polar surface area (TPSA) is 79.3 Å². The van der Waals surface area contributed by atoms with Crippen molar-refractivity contribution in [1.29, 1.82) is 0 Å². The van der Waals surface area contributed by atoms with Gasteiger partial charge in [0.1, 0.15) is 5.75 Å². The van der Waals surface area contributed by atoms with Gasteiger partial charge in [0, 0.05) is 49.7 Å². The molecule has 0 bridgehead atoms. The second-order valence-corrected chi connectivity index (χ2v) is 9.25. The van der Waals surface area contributed by atoms with E-state index in [-0.39, 0.29) is 11.3 Å². The molecule has 2 aliphatic heterocycles. The van der Waals surface area contributed by atoms with E-state index in [1.165, 1.54) is 12.8 Å². The Morgan fingerprint density at radius 1 is 1.15 bits per heavy atom. The summed E-state index contributed by atoms with van der Waals surface area (Å²) in [5, 5.41) is 7.12. The average Bonchev–Trinajstić information content (AvgIpc) is 3.41.